The van der Waals surface area contributed by atoms with Gasteiger partial charge in [-0.25, -0.2) is 4.68 Å². The van der Waals surface area contributed by atoms with Gasteiger partial charge in [0, 0.05) is 11.9 Å². The summed E-state index contributed by atoms with van der Waals surface area (Å²) in [7, 11) is 0. The van der Waals surface area contributed by atoms with E-state index in [1.807, 2.05) is 4.68 Å². The fourth-order valence-corrected chi connectivity index (χ4v) is 1.32. The van der Waals surface area contributed by atoms with Crippen molar-refractivity contribution < 1.29 is 0 Å². The van der Waals surface area contributed by atoms with Gasteiger partial charge in [-0.2, -0.15) is 0 Å². The summed E-state index contributed by atoms with van der Waals surface area (Å²) in [5.74, 6) is 0.620. The topological polar surface area (TPSA) is 30.7 Å². The van der Waals surface area contributed by atoms with E-state index in [2.05, 4.69) is 40.1 Å². The van der Waals surface area contributed by atoms with Crippen LogP contribution in [-0.2, 0) is 11.9 Å². The van der Waals surface area contributed by atoms with Gasteiger partial charge in [-0.15, -0.1) is 5.10 Å². The monoisotopic (exact) mass is 217 g/mol. The largest absolute Gasteiger partial charge is 0.248 e. The summed E-state index contributed by atoms with van der Waals surface area (Å²) in [4.78, 5) is 0. The molecule has 0 spiro atoms. The molecule has 0 radical (unpaired) electrons. The van der Waals surface area contributed by atoms with Crippen LogP contribution in [0.2, 0.25) is 0 Å². The number of halogens is 1. The SMILES string of the molecule is CC(C)Cn1nncc1CBr. The zero-order chi connectivity index (χ0) is 8.27. The molecular weight excluding hydrogens is 206 g/mol. The number of aromatic nitrogens is 3. The molecule has 0 unspecified atom stereocenters. The van der Waals surface area contributed by atoms with Crippen LogP contribution in [0.5, 0.6) is 0 Å². The van der Waals surface area contributed by atoms with Crippen LogP contribution in [0.15, 0.2) is 6.20 Å². The molecule has 0 saturated heterocycles. The van der Waals surface area contributed by atoms with Gasteiger partial charge >= 0.3 is 0 Å². The van der Waals surface area contributed by atoms with Gasteiger partial charge in [0.25, 0.3) is 0 Å². The van der Waals surface area contributed by atoms with Crippen molar-refractivity contribution in [2.24, 2.45) is 5.92 Å². The van der Waals surface area contributed by atoms with E-state index in [-0.39, 0.29) is 0 Å². The predicted octanol–water partition coefficient (Wildman–Crippen LogP) is 1.83. The van der Waals surface area contributed by atoms with E-state index in [0.717, 1.165) is 17.6 Å². The highest BCUT2D eigenvalue weighted by atomic mass is 79.9. The van der Waals surface area contributed by atoms with Crippen LogP contribution < -0.4 is 0 Å². The maximum absolute atomic E-state index is 3.96. The van der Waals surface area contributed by atoms with Crippen molar-refractivity contribution in [3.8, 4) is 0 Å². The second kappa shape index (κ2) is 3.85. The molecule has 0 amide bonds. The van der Waals surface area contributed by atoms with Gasteiger partial charge in [0.1, 0.15) is 0 Å². The third-order valence-corrected chi connectivity index (χ3v) is 1.95. The smallest absolute Gasteiger partial charge is 0.0733 e. The number of hydrogen-bond donors (Lipinski definition) is 0. The van der Waals surface area contributed by atoms with Crippen LogP contribution >= 0.6 is 15.9 Å². The number of rotatable bonds is 3. The lowest BCUT2D eigenvalue weighted by Gasteiger charge is -2.05. The summed E-state index contributed by atoms with van der Waals surface area (Å²) in [5, 5.41) is 8.62. The molecule has 1 heterocycles. The van der Waals surface area contributed by atoms with E-state index in [1.54, 1.807) is 6.20 Å². The highest BCUT2D eigenvalue weighted by Crippen LogP contribution is 2.05. The fourth-order valence-electron chi connectivity index (χ4n) is 0.882. The molecule has 11 heavy (non-hydrogen) atoms. The van der Waals surface area contributed by atoms with Gasteiger partial charge < -0.3 is 0 Å². The van der Waals surface area contributed by atoms with Gasteiger partial charge in [0.05, 0.1) is 11.9 Å². The van der Waals surface area contributed by atoms with Crippen molar-refractivity contribution in [3.63, 3.8) is 0 Å². The Morgan fingerprint density at radius 1 is 1.64 bits per heavy atom. The summed E-state index contributed by atoms with van der Waals surface area (Å²) in [6.45, 7) is 5.28. The Hall–Kier alpha value is -0.380. The highest BCUT2D eigenvalue weighted by Gasteiger charge is 2.02. The first-order chi connectivity index (χ1) is 5.24. The lowest BCUT2D eigenvalue weighted by atomic mass is 10.2. The van der Waals surface area contributed by atoms with Gasteiger partial charge in [-0.05, 0) is 5.92 Å². The summed E-state index contributed by atoms with van der Waals surface area (Å²) in [6, 6.07) is 0. The maximum atomic E-state index is 3.96. The Morgan fingerprint density at radius 2 is 2.36 bits per heavy atom. The Bertz CT molecular complexity index is 219. The molecule has 0 aliphatic carbocycles. The van der Waals surface area contributed by atoms with Crippen LogP contribution in [0.3, 0.4) is 0 Å². The molecule has 0 fully saturated rings. The summed E-state index contributed by atoms with van der Waals surface area (Å²) < 4.78 is 1.93. The molecule has 0 aliphatic rings. The van der Waals surface area contributed by atoms with Crippen molar-refractivity contribution in [2.75, 3.05) is 0 Å². The first-order valence-corrected chi connectivity index (χ1v) is 4.79. The van der Waals surface area contributed by atoms with Crippen LogP contribution in [0, 0.1) is 5.92 Å². The van der Waals surface area contributed by atoms with E-state index < -0.39 is 0 Å². The first-order valence-electron chi connectivity index (χ1n) is 3.67. The molecule has 0 atom stereocenters. The van der Waals surface area contributed by atoms with E-state index in [1.165, 1.54) is 0 Å². The molecule has 4 heteroatoms. The van der Waals surface area contributed by atoms with Crippen molar-refractivity contribution in [1.29, 1.82) is 0 Å². The highest BCUT2D eigenvalue weighted by molar-refractivity contribution is 9.08. The van der Waals surface area contributed by atoms with Crippen LogP contribution in [0.4, 0.5) is 0 Å². The predicted molar refractivity (Wildman–Crippen MR) is 47.5 cm³/mol. The molecule has 0 aliphatic heterocycles. The zero-order valence-electron chi connectivity index (χ0n) is 6.79. The van der Waals surface area contributed by atoms with Crippen molar-refractivity contribution in [3.05, 3.63) is 11.9 Å². The second-order valence-electron chi connectivity index (χ2n) is 2.93. The fraction of sp³-hybridized carbons (Fsp3) is 0.714. The zero-order valence-corrected chi connectivity index (χ0v) is 8.37. The van der Waals surface area contributed by atoms with Gasteiger partial charge in [-0.1, -0.05) is 35.0 Å². The van der Waals surface area contributed by atoms with E-state index >= 15 is 0 Å². The maximum Gasteiger partial charge on any atom is 0.0733 e. The van der Waals surface area contributed by atoms with E-state index in [4.69, 9.17) is 0 Å². The molecule has 62 valence electrons. The number of hydrogen-bond acceptors (Lipinski definition) is 2. The molecule has 0 aromatic carbocycles. The third kappa shape index (κ3) is 2.29. The quantitative estimate of drug-likeness (QED) is 0.724. The Labute approximate surface area is 74.9 Å². The van der Waals surface area contributed by atoms with Crippen LogP contribution in [0.25, 0.3) is 0 Å². The van der Waals surface area contributed by atoms with Gasteiger partial charge in [0.15, 0.2) is 0 Å². The first kappa shape index (κ1) is 8.71. The average molecular weight is 218 g/mol. The normalized spacial score (nSPS) is 10.9. The lowest BCUT2D eigenvalue weighted by molar-refractivity contribution is 0.463. The molecule has 0 saturated carbocycles. The molecule has 1 rings (SSSR count). The minimum atomic E-state index is 0.620. The van der Waals surface area contributed by atoms with Crippen molar-refractivity contribution in [1.82, 2.24) is 15.0 Å². The summed E-state index contributed by atoms with van der Waals surface area (Å²) >= 11 is 3.38. The van der Waals surface area contributed by atoms with Crippen molar-refractivity contribution in [2.45, 2.75) is 25.7 Å². The molecule has 0 bridgehead atoms. The Morgan fingerprint density at radius 3 is 2.91 bits per heavy atom. The third-order valence-electron chi connectivity index (χ3n) is 1.37. The summed E-state index contributed by atoms with van der Waals surface area (Å²) in [6.07, 6.45) is 1.79. The Balaban J connectivity index is 2.68. The van der Waals surface area contributed by atoms with E-state index in [0.29, 0.717) is 5.92 Å². The Kier molecular flexibility index (Phi) is 3.05. The van der Waals surface area contributed by atoms with E-state index in [9.17, 15) is 0 Å². The van der Waals surface area contributed by atoms with Gasteiger partial charge in [-0.3, -0.25) is 0 Å². The standard InChI is InChI=1S/C7H12BrN3/c1-6(2)5-11-7(3-8)4-9-10-11/h4,6H,3,5H2,1-2H3. The molecular formula is C7H12BrN3. The summed E-state index contributed by atoms with van der Waals surface area (Å²) in [5.41, 5.74) is 1.14. The minimum Gasteiger partial charge on any atom is -0.248 e. The molecule has 1 aromatic heterocycles. The number of alkyl halides is 1. The molecule has 1 aromatic rings. The number of nitrogens with zero attached hydrogens (tertiary/aromatic N) is 3. The molecule has 0 N–H and O–H groups in total. The minimum absolute atomic E-state index is 0.620. The van der Waals surface area contributed by atoms with Crippen LogP contribution in [-0.4, -0.2) is 15.0 Å². The van der Waals surface area contributed by atoms with Crippen LogP contribution in [0.1, 0.15) is 19.5 Å². The van der Waals surface area contributed by atoms with Crippen molar-refractivity contribution >= 4 is 15.9 Å². The average Bonchev–Trinajstić information content (AvgIpc) is 2.34. The molecule has 3 nitrogen and oxygen atoms in total. The van der Waals surface area contributed by atoms with Gasteiger partial charge in [0.2, 0.25) is 0 Å². The lowest BCUT2D eigenvalue weighted by Crippen LogP contribution is -2.08. The second-order valence-corrected chi connectivity index (χ2v) is 3.50.